The minimum atomic E-state index is -0.632. The summed E-state index contributed by atoms with van der Waals surface area (Å²) in [4.78, 5) is 13.9. The van der Waals surface area contributed by atoms with E-state index in [2.05, 4.69) is 4.98 Å². The zero-order valence-electron chi connectivity index (χ0n) is 11.1. The highest BCUT2D eigenvalue weighted by atomic mass is 16.6. The number of phenolic OH excluding ortho intramolecular Hbond substituents is 1. The van der Waals surface area contributed by atoms with Crippen LogP contribution >= 0.6 is 0 Å². The van der Waals surface area contributed by atoms with Gasteiger partial charge in [-0.2, -0.15) is 0 Å². The topological polar surface area (TPSA) is 90.4 Å². The van der Waals surface area contributed by atoms with Gasteiger partial charge in [-0.15, -0.1) is 0 Å². The maximum atomic E-state index is 10.9. The SMILES string of the molecule is Cn1cnc([N+](=O)[O-])c1Oc1cc2ccccc2cc1O. The first-order valence-corrected chi connectivity index (χ1v) is 6.11. The number of aryl methyl sites for hydroxylation is 1. The maximum absolute atomic E-state index is 10.9. The second-order valence-electron chi connectivity index (χ2n) is 4.51. The lowest BCUT2D eigenvalue weighted by atomic mass is 10.1. The van der Waals surface area contributed by atoms with Gasteiger partial charge >= 0.3 is 11.7 Å². The molecule has 0 fully saturated rings. The molecular formula is C14H11N3O4. The highest BCUT2D eigenvalue weighted by Gasteiger charge is 2.23. The van der Waals surface area contributed by atoms with Gasteiger partial charge in [0, 0.05) is 7.05 Å². The lowest BCUT2D eigenvalue weighted by molar-refractivity contribution is -0.390. The minimum absolute atomic E-state index is 0.0365. The van der Waals surface area contributed by atoms with Crippen LogP contribution in [0.1, 0.15) is 0 Å². The average Bonchev–Trinajstić information content (AvgIpc) is 2.81. The Kier molecular flexibility index (Phi) is 2.94. The first kappa shape index (κ1) is 12.9. The Bertz CT molecular complexity index is 841. The van der Waals surface area contributed by atoms with Crippen molar-refractivity contribution in [2.75, 3.05) is 0 Å². The van der Waals surface area contributed by atoms with Crippen molar-refractivity contribution in [2.45, 2.75) is 0 Å². The summed E-state index contributed by atoms with van der Waals surface area (Å²) < 4.78 is 6.87. The number of rotatable bonds is 3. The Morgan fingerprint density at radius 3 is 2.62 bits per heavy atom. The van der Waals surface area contributed by atoms with Crippen LogP contribution in [0.4, 0.5) is 5.82 Å². The molecule has 7 heteroatoms. The lowest BCUT2D eigenvalue weighted by Crippen LogP contribution is -1.96. The van der Waals surface area contributed by atoms with Gasteiger partial charge in [0.15, 0.2) is 11.5 Å². The molecule has 0 aliphatic rings. The van der Waals surface area contributed by atoms with Crippen molar-refractivity contribution in [1.29, 1.82) is 0 Å². The number of benzene rings is 2. The molecule has 0 aliphatic heterocycles. The van der Waals surface area contributed by atoms with E-state index in [9.17, 15) is 15.2 Å². The Morgan fingerprint density at radius 2 is 1.95 bits per heavy atom. The van der Waals surface area contributed by atoms with Crippen molar-refractivity contribution in [3.05, 3.63) is 52.8 Å². The first-order chi connectivity index (χ1) is 10.1. The van der Waals surface area contributed by atoms with E-state index in [4.69, 9.17) is 4.74 Å². The van der Waals surface area contributed by atoms with Gasteiger partial charge in [0.25, 0.3) is 0 Å². The van der Waals surface area contributed by atoms with Crippen LogP contribution in [0.25, 0.3) is 10.8 Å². The van der Waals surface area contributed by atoms with Gasteiger partial charge in [-0.25, -0.2) is 0 Å². The second-order valence-corrected chi connectivity index (χ2v) is 4.51. The van der Waals surface area contributed by atoms with Gasteiger partial charge in [0.1, 0.15) is 0 Å². The molecule has 0 saturated carbocycles. The molecular weight excluding hydrogens is 274 g/mol. The summed E-state index contributed by atoms with van der Waals surface area (Å²) in [7, 11) is 1.58. The van der Waals surface area contributed by atoms with Gasteiger partial charge in [0.05, 0.1) is 0 Å². The smallest absolute Gasteiger partial charge is 0.427 e. The number of fused-ring (bicyclic) bond motifs is 1. The third-order valence-corrected chi connectivity index (χ3v) is 3.07. The van der Waals surface area contributed by atoms with Crippen molar-refractivity contribution in [2.24, 2.45) is 7.05 Å². The molecule has 0 spiro atoms. The van der Waals surface area contributed by atoms with Crippen molar-refractivity contribution >= 4 is 16.6 Å². The molecule has 3 aromatic rings. The summed E-state index contributed by atoms with van der Waals surface area (Å²) >= 11 is 0. The summed E-state index contributed by atoms with van der Waals surface area (Å²) in [5.74, 6) is -0.389. The van der Waals surface area contributed by atoms with E-state index >= 15 is 0 Å². The van der Waals surface area contributed by atoms with Crippen LogP contribution in [0.3, 0.4) is 0 Å². The zero-order valence-corrected chi connectivity index (χ0v) is 11.1. The predicted octanol–water partition coefficient (Wildman–Crippen LogP) is 2.98. The van der Waals surface area contributed by atoms with Crippen molar-refractivity contribution in [3.63, 3.8) is 0 Å². The van der Waals surface area contributed by atoms with Crippen LogP contribution in [0, 0.1) is 10.1 Å². The predicted molar refractivity (Wildman–Crippen MR) is 75.5 cm³/mol. The molecule has 0 bridgehead atoms. The van der Waals surface area contributed by atoms with Crippen LogP contribution in [0.15, 0.2) is 42.7 Å². The van der Waals surface area contributed by atoms with Crippen molar-refractivity contribution in [3.8, 4) is 17.4 Å². The van der Waals surface area contributed by atoms with Gasteiger partial charge in [-0.05, 0) is 32.8 Å². The number of nitrogens with zero attached hydrogens (tertiary/aromatic N) is 3. The maximum Gasteiger partial charge on any atom is 0.427 e. The molecule has 1 N–H and O–H groups in total. The second kappa shape index (κ2) is 4.78. The summed E-state index contributed by atoms with van der Waals surface area (Å²) in [6.45, 7) is 0. The van der Waals surface area contributed by atoms with E-state index < -0.39 is 10.7 Å². The van der Waals surface area contributed by atoms with Crippen molar-refractivity contribution < 1.29 is 14.8 Å². The third-order valence-electron chi connectivity index (χ3n) is 3.07. The quantitative estimate of drug-likeness (QED) is 0.590. The number of ether oxygens (including phenoxy) is 1. The van der Waals surface area contributed by atoms with Crippen LogP contribution in [0.5, 0.6) is 17.4 Å². The number of aromatic nitrogens is 2. The van der Waals surface area contributed by atoms with E-state index in [1.807, 2.05) is 24.3 Å². The van der Waals surface area contributed by atoms with Gasteiger partial charge < -0.3 is 20.0 Å². The lowest BCUT2D eigenvalue weighted by Gasteiger charge is -2.08. The number of nitro groups is 1. The van der Waals surface area contributed by atoms with Crippen LogP contribution in [-0.4, -0.2) is 19.6 Å². The summed E-state index contributed by atoms with van der Waals surface area (Å²) in [6.07, 6.45) is 1.28. The summed E-state index contributed by atoms with van der Waals surface area (Å²) in [5, 5.41) is 22.6. The molecule has 0 unspecified atom stereocenters. The molecule has 0 saturated heterocycles. The highest BCUT2D eigenvalue weighted by Crippen LogP contribution is 2.37. The summed E-state index contributed by atoms with van der Waals surface area (Å²) in [5.41, 5.74) is 0. The Balaban J connectivity index is 2.08. The molecule has 0 amide bonds. The standard InChI is InChI=1S/C14H11N3O4/c1-16-8-15-13(17(19)20)14(16)21-12-7-10-5-3-2-4-9(10)6-11(12)18/h2-8,18H,1H3. The highest BCUT2D eigenvalue weighted by molar-refractivity contribution is 5.86. The summed E-state index contributed by atoms with van der Waals surface area (Å²) in [6, 6.07) is 10.6. The van der Waals surface area contributed by atoms with Gasteiger partial charge in [-0.1, -0.05) is 24.3 Å². The molecule has 2 aromatic carbocycles. The average molecular weight is 285 g/mol. The fourth-order valence-corrected chi connectivity index (χ4v) is 2.04. The van der Waals surface area contributed by atoms with Crippen LogP contribution in [0.2, 0.25) is 0 Å². The fraction of sp³-hybridized carbons (Fsp3) is 0.0714. The normalized spacial score (nSPS) is 10.7. The minimum Gasteiger partial charge on any atom is -0.504 e. The van der Waals surface area contributed by atoms with E-state index in [1.165, 1.54) is 10.9 Å². The molecule has 7 nitrogen and oxygen atoms in total. The third kappa shape index (κ3) is 2.25. The Morgan fingerprint density at radius 1 is 1.29 bits per heavy atom. The molecule has 1 aromatic heterocycles. The molecule has 1 heterocycles. The largest absolute Gasteiger partial charge is 0.504 e. The van der Waals surface area contributed by atoms with Crippen molar-refractivity contribution in [1.82, 2.24) is 9.55 Å². The number of phenols is 1. The van der Waals surface area contributed by atoms with Crippen LogP contribution in [-0.2, 0) is 7.05 Å². The van der Waals surface area contributed by atoms with E-state index in [0.29, 0.717) is 0 Å². The number of hydrogen-bond acceptors (Lipinski definition) is 5. The molecule has 0 aliphatic carbocycles. The van der Waals surface area contributed by atoms with E-state index in [-0.39, 0.29) is 17.4 Å². The molecule has 0 radical (unpaired) electrons. The monoisotopic (exact) mass is 285 g/mol. The molecule has 0 atom stereocenters. The number of hydrogen-bond donors (Lipinski definition) is 1. The molecule has 106 valence electrons. The van der Waals surface area contributed by atoms with Crippen LogP contribution < -0.4 is 4.74 Å². The molecule has 21 heavy (non-hydrogen) atoms. The van der Waals surface area contributed by atoms with E-state index in [1.54, 1.807) is 19.2 Å². The molecule has 3 rings (SSSR count). The number of aromatic hydroxyl groups is 1. The Labute approximate surface area is 119 Å². The van der Waals surface area contributed by atoms with Gasteiger partial charge in [-0.3, -0.25) is 4.57 Å². The number of imidazole rings is 1. The first-order valence-electron chi connectivity index (χ1n) is 6.11. The van der Waals surface area contributed by atoms with E-state index in [0.717, 1.165) is 10.8 Å². The zero-order chi connectivity index (χ0) is 15.0. The Hall–Kier alpha value is -3.09. The van der Waals surface area contributed by atoms with Gasteiger partial charge in [0.2, 0.25) is 6.33 Å². The fourth-order valence-electron chi connectivity index (χ4n) is 2.04.